The fraction of sp³-hybridized carbons (Fsp3) is 0.733. The van der Waals surface area contributed by atoms with Crippen LogP contribution in [0.1, 0.15) is 58.6 Å². The molecule has 1 amide bonds. The predicted molar refractivity (Wildman–Crippen MR) is 82.2 cm³/mol. The van der Waals surface area contributed by atoms with Crippen LogP contribution >= 0.6 is 0 Å². The highest BCUT2D eigenvalue weighted by Gasteiger charge is 2.35. The van der Waals surface area contributed by atoms with Gasteiger partial charge in [-0.15, -0.1) is 0 Å². The molecule has 0 bridgehead atoms. The van der Waals surface area contributed by atoms with E-state index in [-0.39, 0.29) is 17.7 Å². The SMILES string of the molecule is CCCNC(=O)OC1CC(c2cc(N)n(C(C)(C)C)n2)C1. The monoisotopic (exact) mass is 294 g/mol. The number of nitrogens with one attached hydrogen (secondary N) is 1. The zero-order valence-corrected chi connectivity index (χ0v) is 13.3. The quantitative estimate of drug-likeness (QED) is 0.894. The molecule has 1 heterocycles. The molecule has 6 heteroatoms. The smallest absolute Gasteiger partial charge is 0.407 e. The molecule has 0 spiro atoms. The summed E-state index contributed by atoms with van der Waals surface area (Å²) in [7, 11) is 0. The Kier molecular flexibility index (Phi) is 4.44. The van der Waals surface area contributed by atoms with Crippen LogP contribution < -0.4 is 11.1 Å². The van der Waals surface area contributed by atoms with Crippen molar-refractivity contribution in [2.75, 3.05) is 12.3 Å². The van der Waals surface area contributed by atoms with Crippen molar-refractivity contribution in [1.29, 1.82) is 0 Å². The summed E-state index contributed by atoms with van der Waals surface area (Å²) in [5.74, 6) is 1.02. The first-order valence-electron chi connectivity index (χ1n) is 7.61. The minimum absolute atomic E-state index is 0.00660. The van der Waals surface area contributed by atoms with E-state index in [0.717, 1.165) is 25.0 Å². The molecule has 2 rings (SSSR count). The summed E-state index contributed by atoms with van der Waals surface area (Å²) in [4.78, 5) is 11.5. The number of carbonyl (C=O) groups excluding carboxylic acids is 1. The Morgan fingerprint density at radius 1 is 1.52 bits per heavy atom. The zero-order valence-electron chi connectivity index (χ0n) is 13.3. The normalized spacial score (nSPS) is 21.7. The molecular formula is C15H26N4O2. The number of nitrogens with two attached hydrogens (primary N) is 1. The highest BCUT2D eigenvalue weighted by atomic mass is 16.6. The lowest BCUT2D eigenvalue weighted by molar-refractivity contribution is 0.0384. The van der Waals surface area contributed by atoms with Gasteiger partial charge in [0.2, 0.25) is 0 Å². The number of alkyl carbamates (subject to hydrolysis) is 1. The van der Waals surface area contributed by atoms with E-state index in [0.29, 0.717) is 18.3 Å². The van der Waals surface area contributed by atoms with Gasteiger partial charge in [-0.2, -0.15) is 5.10 Å². The van der Waals surface area contributed by atoms with Gasteiger partial charge in [0.05, 0.1) is 11.2 Å². The Morgan fingerprint density at radius 2 is 2.19 bits per heavy atom. The van der Waals surface area contributed by atoms with Crippen LogP contribution in [0.5, 0.6) is 0 Å². The van der Waals surface area contributed by atoms with Crippen LogP contribution in [0.2, 0.25) is 0 Å². The van der Waals surface area contributed by atoms with Crippen molar-refractivity contribution < 1.29 is 9.53 Å². The van der Waals surface area contributed by atoms with Gasteiger partial charge in [-0.25, -0.2) is 9.48 Å². The van der Waals surface area contributed by atoms with E-state index in [9.17, 15) is 4.79 Å². The first kappa shape index (κ1) is 15.7. The Labute approximate surface area is 126 Å². The minimum Gasteiger partial charge on any atom is -0.446 e. The van der Waals surface area contributed by atoms with Gasteiger partial charge in [-0.1, -0.05) is 6.92 Å². The lowest BCUT2D eigenvalue weighted by Crippen LogP contribution is -2.36. The molecule has 118 valence electrons. The molecule has 3 N–H and O–H groups in total. The maximum atomic E-state index is 11.5. The van der Waals surface area contributed by atoms with Crippen LogP contribution in [0.4, 0.5) is 10.6 Å². The Morgan fingerprint density at radius 3 is 2.71 bits per heavy atom. The van der Waals surface area contributed by atoms with E-state index in [1.807, 2.05) is 17.7 Å². The summed E-state index contributed by atoms with van der Waals surface area (Å²) in [6, 6.07) is 1.93. The molecule has 6 nitrogen and oxygen atoms in total. The number of hydrogen-bond donors (Lipinski definition) is 2. The highest BCUT2D eigenvalue weighted by Crippen LogP contribution is 2.39. The second-order valence-electron chi connectivity index (χ2n) is 6.70. The average Bonchev–Trinajstić information content (AvgIpc) is 2.72. The van der Waals surface area contributed by atoms with Gasteiger partial charge < -0.3 is 15.8 Å². The molecule has 0 unspecified atom stereocenters. The summed E-state index contributed by atoms with van der Waals surface area (Å²) < 4.78 is 7.18. The second-order valence-corrected chi connectivity index (χ2v) is 6.70. The Bertz CT molecular complexity index is 498. The van der Waals surface area contributed by atoms with Gasteiger partial charge in [0, 0.05) is 18.5 Å². The van der Waals surface area contributed by atoms with Crippen LogP contribution in [0.15, 0.2) is 6.07 Å². The largest absolute Gasteiger partial charge is 0.446 e. The molecular weight excluding hydrogens is 268 g/mol. The minimum atomic E-state index is -0.319. The van der Waals surface area contributed by atoms with Gasteiger partial charge >= 0.3 is 6.09 Å². The third kappa shape index (κ3) is 3.68. The molecule has 1 saturated carbocycles. The number of carbonyl (C=O) groups is 1. The number of hydrogen-bond acceptors (Lipinski definition) is 4. The first-order chi connectivity index (χ1) is 9.81. The molecule has 1 aromatic heterocycles. The molecule has 1 aliphatic rings. The number of aromatic nitrogens is 2. The summed E-state index contributed by atoms with van der Waals surface area (Å²) in [6.45, 7) is 8.89. The fourth-order valence-electron chi connectivity index (χ4n) is 2.47. The van der Waals surface area contributed by atoms with Crippen LogP contribution in [-0.4, -0.2) is 28.5 Å². The molecule has 0 radical (unpaired) electrons. The third-order valence-electron chi connectivity index (χ3n) is 3.70. The van der Waals surface area contributed by atoms with Crippen LogP contribution in [0.25, 0.3) is 0 Å². The zero-order chi connectivity index (χ0) is 15.6. The lowest BCUT2D eigenvalue weighted by atomic mass is 9.80. The Hall–Kier alpha value is -1.72. The topological polar surface area (TPSA) is 82.2 Å². The molecule has 1 aromatic rings. The average molecular weight is 294 g/mol. The van der Waals surface area contributed by atoms with Crippen molar-refractivity contribution in [2.45, 2.75) is 64.5 Å². The maximum Gasteiger partial charge on any atom is 0.407 e. The molecule has 21 heavy (non-hydrogen) atoms. The number of anilines is 1. The van der Waals surface area contributed by atoms with Crippen LogP contribution in [0.3, 0.4) is 0 Å². The summed E-state index contributed by atoms with van der Waals surface area (Å²) >= 11 is 0. The highest BCUT2D eigenvalue weighted by molar-refractivity contribution is 5.67. The van der Waals surface area contributed by atoms with E-state index in [4.69, 9.17) is 10.5 Å². The van der Waals surface area contributed by atoms with Crippen LogP contribution in [-0.2, 0) is 10.3 Å². The van der Waals surface area contributed by atoms with E-state index >= 15 is 0 Å². The van der Waals surface area contributed by atoms with Gasteiger partial charge in [0.25, 0.3) is 0 Å². The van der Waals surface area contributed by atoms with E-state index in [1.54, 1.807) is 0 Å². The first-order valence-corrected chi connectivity index (χ1v) is 7.61. The molecule has 0 saturated heterocycles. The number of nitrogens with zero attached hydrogens (tertiary/aromatic N) is 2. The Balaban J connectivity index is 1.86. The van der Waals surface area contributed by atoms with Crippen molar-refractivity contribution in [3.05, 3.63) is 11.8 Å². The van der Waals surface area contributed by atoms with Crippen molar-refractivity contribution in [2.24, 2.45) is 0 Å². The number of rotatable bonds is 4. The van der Waals surface area contributed by atoms with Crippen molar-refractivity contribution in [3.63, 3.8) is 0 Å². The maximum absolute atomic E-state index is 11.5. The van der Waals surface area contributed by atoms with Crippen molar-refractivity contribution in [3.8, 4) is 0 Å². The fourth-order valence-corrected chi connectivity index (χ4v) is 2.47. The number of nitrogen functional groups attached to an aromatic ring is 1. The molecule has 0 aliphatic heterocycles. The van der Waals surface area contributed by atoms with Gasteiger partial charge in [0.1, 0.15) is 11.9 Å². The molecule has 1 aliphatic carbocycles. The van der Waals surface area contributed by atoms with Gasteiger partial charge in [-0.3, -0.25) is 0 Å². The van der Waals surface area contributed by atoms with Crippen molar-refractivity contribution in [1.82, 2.24) is 15.1 Å². The summed E-state index contributed by atoms with van der Waals surface area (Å²) in [5, 5.41) is 7.32. The predicted octanol–water partition coefficient (Wildman–Crippen LogP) is 2.60. The van der Waals surface area contributed by atoms with Gasteiger partial charge in [-0.05, 0) is 40.0 Å². The second kappa shape index (κ2) is 5.95. The molecule has 0 aromatic carbocycles. The van der Waals surface area contributed by atoms with Crippen LogP contribution in [0, 0.1) is 0 Å². The van der Waals surface area contributed by atoms with E-state index < -0.39 is 0 Å². The van der Waals surface area contributed by atoms with E-state index in [1.165, 1.54) is 0 Å². The van der Waals surface area contributed by atoms with E-state index in [2.05, 4.69) is 31.2 Å². The molecule has 0 atom stereocenters. The summed E-state index contributed by atoms with van der Waals surface area (Å²) in [5.41, 5.74) is 6.89. The lowest BCUT2D eigenvalue weighted by Gasteiger charge is -2.33. The number of amides is 1. The van der Waals surface area contributed by atoms with Crippen molar-refractivity contribution >= 4 is 11.9 Å². The summed E-state index contributed by atoms with van der Waals surface area (Å²) in [6.07, 6.45) is 2.22. The van der Waals surface area contributed by atoms with Gasteiger partial charge in [0.15, 0.2) is 0 Å². The molecule has 1 fully saturated rings. The number of ether oxygens (including phenoxy) is 1. The standard InChI is InChI=1S/C15H26N4O2/c1-5-6-17-14(20)21-11-7-10(8-11)12-9-13(16)19(18-12)15(2,3)4/h9-11H,5-8,16H2,1-4H3,(H,17,20). The third-order valence-corrected chi connectivity index (χ3v) is 3.70.